The summed E-state index contributed by atoms with van der Waals surface area (Å²) in [6, 6.07) is 18.6. The Kier molecular flexibility index (Phi) is 5.40. The van der Waals surface area contributed by atoms with Crippen molar-refractivity contribution >= 4 is 28.4 Å². The zero-order valence-electron chi connectivity index (χ0n) is 15.7. The Morgan fingerprint density at radius 3 is 2.79 bits per heavy atom. The van der Waals surface area contributed by atoms with Crippen molar-refractivity contribution in [3.8, 4) is 17.0 Å². The molecule has 0 radical (unpaired) electrons. The summed E-state index contributed by atoms with van der Waals surface area (Å²) in [5, 5.41) is 4.28. The van der Waals surface area contributed by atoms with E-state index in [1.54, 1.807) is 37.7 Å². The zero-order valence-corrected chi connectivity index (χ0v) is 16.5. The maximum Gasteiger partial charge on any atom is 0.252 e. The fourth-order valence-corrected chi connectivity index (χ4v) is 3.30. The van der Waals surface area contributed by atoms with Crippen LogP contribution in [0, 0.1) is 0 Å². The lowest BCUT2D eigenvalue weighted by Gasteiger charge is -2.11. The molecule has 144 valence electrons. The van der Waals surface area contributed by atoms with Crippen LogP contribution in [0.15, 0.2) is 73.1 Å². The highest BCUT2D eigenvalue weighted by Gasteiger charge is 2.14. The summed E-state index contributed by atoms with van der Waals surface area (Å²) in [5.41, 5.74) is 3.69. The van der Waals surface area contributed by atoms with Crippen molar-refractivity contribution in [2.24, 2.45) is 0 Å². The van der Waals surface area contributed by atoms with Crippen molar-refractivity contribution in [1.82, 2.24) is 15.3 Å². The van der Waals surface area contributed by atoms with Crippen molar-refractivity contribution in [2.45, 2.75) is 6.54 Å². The SMILES string of the molecule is COc1cccc(CNC(=O)c2cc(-c3cccc(Cl)c3)nc3ccncc23)c1. The molecule has 1 N–H and O–H groups in total. The molecule has 0 atom stereocenters. The van der Waals surface area contributed by atoms with Crippen LogP contribution < -0.4 is 10.1 Å². The molecule has 0 aliphatic carbocycles. The fraction of sp³-hybridized carbons (Fsp3) is 0.0870. The number of rotatable bonds is 5. The van der Waals surface area contributed by atoms with E-state index in [9.17, 15) is 4.79 Å². The van der Waals surface area contributed by atoms with Gasteiger partial charge in [-0.1, -0.05) is 35.9 Å². The summed E-state index contributed by atoms with van der Waals surface area (Å²) in [4.78, 5) is 21.8. The van der Waals surface area contributed by atoms with Crippen LogP contribution in [0.4, 0.5) is 0 Å². The van der Waals surface area contributed by atoms with Crippen LogP contribution in [0.3, 0.4) is 0 Å². The number of hydrogen-bond donors (Lipinski definition) is 1. The molecule has 2 heterocycles. The first-order valence-electron chi connectivity index (χ1n) is 9.06. The third-order valence-corrected chi connectivity index (χ3v) is 4.80. The predicted octanol–water partition coefficient (Wildman–Crippen LogP) is 4.89. The highest BCUT2D eigenvalue weighted by Crippen LogP contribution is 2.26. The Morgan fingerprint density at radius 1 is 1.10 bits per heavy atom. The van der Waals surface area contributed by atoms with Crippen molar-refractivity contribution in [2.75, 3.05) is 7.11 Å². The molecule has 0 aliphatic rings. The third kappa shape index (κ3) is 4.20. The number of hydrogen-bond acceptors (Lipinski definition) is 4. The molecule has 4 aromatic rings. The number of methoxy groups -OCH3 is 1. The quantitative estimate of drug-likeness (QED) is 0.515. The number of nitrogens with one attached hydrogen (secondary N) is 1. The zero-order chi connectivity index (χ0) is 20.2. The summed E-state index contributed by atoms with van der Waals surface area (Å²) in [6.45, 7) is 0.382. The first-order chi connectivity index (χ1) is 14.1. The number of halogens is 1. The third-order valence-electron chi connectivity index (χ3n) is 4.56. The molecule has 6 heteroatoms. The van der Waals surface area contributed by atoms with E-state index in [-0.39, 0.29) is 5.91 Å². The first-order valence-corrected chi connectivity index (χ1v) is 9.43. The van der Waals surface area contributed by atoms with E-state index in [2.05, 4.69) is 15.3 Å². The number of nitrogens with zero attached hydrogens (tertiary/aromatic N) is 2. The van der Waals surface area contributed by atoms with E-state index in [1.807, 2.05) is 42.5 Å². The van der Waals surface area contributed by atoms with Gasteiger partial charge in [0, 0.05) is 34.9 Å². The van der Waals surface area contributed by atoms with Gasteiger partial charge in [-0.15, -0.1) is 0 Å². The Bertz CT molecular complexity index is 1190. The highest BCUT2D eigenvalue weighted by atomic mass is 35.5. The van der Waals surface area contributed by atoms with Crippen molar-refractivity contribution in [3.05, 3.63) is 89.2 Å². The van der Waals surface area contributed by atoms with Gasteiger partial charge in [0.15, 0.2) is 0 Å². The molecule has 0 unspecified atom stereocenters. The molecule has 2 aromatic heterocycles. The molecule has 1 amide bonds. The van der Waals surface area contributed by atoms with Crippen LogP contribution in [0.1, 0.15) is 15.9 Å². The lowest BCUT2D eigenvalue weighted by molar-refractivity contribution is 0.0952. The molecule has 2 aromatic carbocycles. The molecular formula is C23H18ClN3O2. The van der Waals surface area contributed by atoms with Crippen LogP contribution in [0.5, 0.6) is 5.75 Å². The summed E-state index contributed by atoms with van der Waals surface area (Å²) in [7, 11) is 1.62. The van der Waals surface area contributed by atoms with Gasteiger partial charge in [0.1, 0.15) is 5.75 Å². The molecule has 0 saturated carbocycles. The minimum absolute atomic E-state index is 0.198. The van der Waals surface area contributed by atoms with Gasteiger partial charge < -0.3 is 10.1 Å². The number of aromatic nitrogens is 2. The minimum Gasteiger partial charge on any atom is -0.497 e. The first kappa shape index (κ1) is 18.9. The topological polar surface area (TPSA) is 64.1 Å². The van der Waals surface area contributed by atoms with E-state index in [4.69, 9.17) is 16.3 Å². The predicted molar refractivity (Wildman–Crippen MR) is 114 cm³/mol. The van der Waals surface area contributed by atoms with Gasteiger partial charge in [-0.05, 0) is 42.0 Å². The Balaban J connectivity index is 1.68. The molecule has 0 fully saturated rings. The minimum atomic E-state index is -0.198. The molecule has 0 saturated heterocycles. The number of ether oxygens (including phenoxy) is 1. The second-order valence-corrected chi connectivity index (χ2v) is 6.93. The van der Waals surface area contributed by atoms with Gasteiger partial charge in [-0.3, -0.25) is 9.78 Å². The van der Waals surface area contributed by atoms with Crippen molar-refractivity contribution in [3.63, 3.8) is 0 Å². The Labute approximate surface area is 173 Å². The van der Waals surface area contributed by atoms with Gasteiger partial charge >= 0.3 is 0 Å². The van der Waals surface area contributed by atoms with E-state index in [1.165, 1.54) is 0 Å². The lowest BCUT2D eigenvalue weighted by Crippen LogP contribution is -2.23. The van der Waals surface area contributed by atoms with Crippen molar-refractivity contribution in [1.29, 1.82) is 0 Å². The average Bonchev–Trinajstić information content (AvgIpc) is 2.77. The number of carbonyl (C=O) groups excluding carboxylic acids is 1. The highest BCUT2D eigenvalue weighted by molar-refractivity contribution is 6.30. The van der Waals surface area contributed by atoms with Gasteiger partial charge in [0.2, 0.25) is 0 Å². The van der Waals surface area contributed by atoms with Crippen LogP contribution in [-0.4, -0.2) is 23.0 Å². The summed E-state index contributed by atoms with van der Waals surface area (Å²) in [6.07, 6.45) is 3.32. The van der Waals surface area contributed by atoms with Crippen LogP contribution in [0.2, 0.25) is 5.02 Å². The van der Waals surface area contributed by atoms with Gasteiger partial charge in [0.25, 0.3) is 5.91 Å². The van der Waals surface area contributed by atoms with Crippen molar-refractivity contribution < 1.29 is 9.53 Å². The average molecular weight is 404 g/mol. The van der Waals surface area contributed by atoms with E-state index < -0.39 is 0 Å². The number of benzene rings is 2. The molecule has 29 heavy (non-hydrogen) atoms. The van der Waals surface area contributed by atoms with Crippen LogP contribution in [-0.2, 0) is 6.54 Å². The normalized spacial score (nSPS) is 10.7. The number of fused-ring (bicyclic) bond motifs is 1. The number of amides is 1. The summed E-state index contributed by atoms with van der Waals surface area (Å²) >= 11 is 6.13. The summed E-state index contributed by atoms with van der Waals surface area (Å²) in [5.74, 6) is 0.551. The fourth-order valence-electron chi connectivity index (χ4n) is 3.11. The van der Waals surface area contributed by atoms with E-state index >= 15 is 0 Å². The van der Waals surface area contributed by atoms with Crippen LogP contribution >= 0.6 is 11.6 Å². The maximum atomic E-state index is 13.0. The molecular weight excluding hydrogens is 386 g/mol. The van der Waals surface area contributed by atoms with Gasteiger partial charge in [-0.2, -0.15) is 0 Å². The molecule has 0 aliphatic heterocycles. The van der Waals surface area contributed by atoms with Gasteiger partial charge in [-0.25, -0.2) is 4.98 Å². The molecule has 5 nitrogen and oxygen atoms in total. The Hall–Kier alpha value is -3.44. The molecule has 4 rings (SSSR count). The second-order valence-electron chi connectivity index (χ2n) is 6.49. The van der Waals surface area contributed by atoms with Crippen LogP contribution in [0.25, 0.3) is 22.2 Å². The Morgan fingerprint density at radius 2 is 1.97 bits per heavy atom. The monoisotopic (exact) mass is 403 g/mol. The smallest absolute Gasteiger partial charge is 0.252 e. The number of pyridine rings is 2. The summed E-state index contributed by atoms with van der Waals surface area (Å²) < 4.78 is 5.24. The standard InChI is InChI=1S/C23H18ClN3O2/c1-29-18-7-2-4-15(10-18)13-26-23(28)19-12-22(16-5-3-6-17(24)11-16)27-21-8-9-25-14-20(19)21/h2-12,14H,13H2,1H3,(H,26,28). The second kappa shape index (κ2) is 8.29. The van der Waals surface area contributed by atoms with Gasteiger partial charge in [0.05, 0.1) is 23.9 Å². The number of carbonyl (C=O) groups is 1. The molecule has 0 spiro atoms. The molecule has 0 bridgehead atoms. The maximum absolute atomic E-state index is 13.0. The lowest BCUT2D eigenvalue weighted by atomic mass is 10.0. The van der Waals surface area contributed by atoms with E-state index in [0.29, 0.717) is 33.7 Å². The van der Waals surface area contributed by atoms with E-state index in [0.717, 1.165) is 16.9 Å². The largest absolute Gasteiger partial charge is 0.497 e.